The predicted molar refractivity (Wildman–Crippen MR) is 159 cm³/mol. The van der Waals surface area contributed by atoms with Crippen molar-refractivity contribution < 1.29 is 51.6 Å². The van der Waals surface area contributed by atoms with Crippen LogP contribution in [0.1, 0.15) is 25.8 Å². The van der Waals surface area contributed by atoms with Crippen LogP contribution in [0, 0.1) is 11.8 Å². The van der Waals surface area contributed by atoms with Crippen LogP contribution in [0.3, 0.4) is 0 Å². The van der Waals surface area contributed by atoms with E-state index in [1.807, 2.05) is 13.8 Å². The average molecular weight is 658 g/mol. The molecular weight excluding hydrogens is 617 g/mol. The Hall–Kier alpha value is -2.75. The van der Waals surface area contributed by atoms with E-state index in [2.05, 4.69) is 5.32 Å². The highest BCUT2D eigenvalue weighted by Crippen LogP contribution is 2.35. The van der Waals surface area contributed by atoms with Gasteiger partial charge in [0, 0.05) is 18.8 Å². The Morgan fingerprint density at radius 2 is 1.80 bits per heavy atom. The van der Waals surface area contributed by atoms with Gasteiger partial charge in [-0.1, -0.05) is 26.0 Å². The number of carbonyl (C=O) groups excluding carboxylic acids is 1. The average Bonchev–Trinajstić information content (AvgIpc) is 3.57. The first-order valence-corrected chi connectivity index (χ1v) is 17.5. The maximum atomic E-state index is 13.7. The number of benzene rings is 2. The molecule has 2 saturated heterocycles. The summed E-state index contributed by atoms with van der Waals surface area (Å²) in [6.45, 7) is 4.09. The number of aliphatic hydroxyl groups is 1. The zero-order chi connectivity index (χ0) is 32.1. The number of aliphatic hydroxyl groups excluding tert-OH is 1. The van der Waals surface area contributed by atoms with Crippen LogP contribution >= 0.6 is 7.60 Å². The lowest BCUT2D eigenvalue weighted by molar-refractivity contribution is -0.0907. The first-order valence-electron chi connectivity index (χ1n) is 14.2. The third kappa shape index (κ3) is 9.38. The van der Waals surface area contributed by atoms with Gasteiger partial charge < -0.3 is 44.9 Å². The van der Waals surface area contributed by atoms with Gasteiger partial charge in [0.05, 0.1) is 36.2 Å². The predicted octanol–water partition coefficient (Wildman–Crippen LogP) is 1.89. The number of fused-ring (bicyclic) bond motifs is 1. The lowest BCUT2D eigenvalue weighted by atomic mass is 10.0. The number of hydrogen-bond acceptors (Lipinski definition) is 10. The van der Waals surface area contributed by atoms with Crippen molar-refractivity contribution in [1.82, 2.24) is 9.62 Å². The van der Waals surface area contributed by atoms with Gasteiger partial charge >= 0.3 is 13.7 Å². The van der Waals surface area contributed by atoms with E-state index in [0.717, 1.165) is 9.87 Å². The van der Waals surface area contributed by atoms with E-state index < -0.39 is 54.6 Å². The van der Waals surface area contributed by atoms with Crippen molar-refractivity contribution in [2.45, 2.75) is 56.1 Å². The fourth-order valence-corrected chi connectivity index (χ4v) is 7.03. The number of carbonyl (C=O) groups is 1. The number of amides is 1. The van der Waals surface area contributed by atoms with Crippen LogP contribution in [0.2, 0.25) is 0 Å². The summed E-state index contributed by atoms with van der Waals surface area (Å²) in [6, 6.07) is 11.1. The molecule has 2 aromatic carbocycles. The zero-order valence-electron chi connectivity index (χ0n) is 24.5. The summed E-state index contributed by atoms with van der Waals surface area (Å²) in [6.07, 6.45) is -3.03. The first kappa shape index (κ1) is 34.1. The summed E-state index contributed by atoms with van der Waals surface area (Å²) in [5, 5.41) is 14.2. The Morgan fingerprint density at radius 1 is 1.11 bits per heavy atom. The van der Waals surface area contributed by atoms with Crippen molar-refractivity contribution in [2.24, 2.45) is 11.8 Å². The fourth-order valence-electron chi connectivity index (χ4n) is 5.09. The van der Waals surface area contributed by atoms with E-state index >= 15 is 0 Å². The summed E-state index contributed by atoms with van der Waals surface area (Å²) < 4.78 is 61.4. The summed E-state index contributed by atoms with van der Waals surface area (Å²) >= 11 is 0. The number of nitrogen functional groups attached to an aromatic ring is 1. The first-order chi connectivity index (χ1) is 20.7. The Bertz CT molecular complexity index is 1400. The molecule has 5 atom stereocenters. The molecule has 14 nitrogen and oxygen atoms in total. The molecule has 4 rings (SSSR count). The van der Waals surface area contributed by atoms with Crippen LogP contribution in [-0.4, -0.2) is 90.9 Å². The number of alkyl carbamates (subject to hydrolysis) is 1. The van der Waals surface area contributed by atoms with Gasteiger partial charge in [0.2, 0.25) is 10.0 Å². The molecule has 0 aromatic heterocycles. The van der Waals surface area contributed by atoms with Gasteiger partial charge in [-0.3, -0.25) is 4.57 Å². The van der Waals surface area contributed by atoms with Gasteiger partial charge in [0.1, 0.15) is 11.9 Å². The van der Waals surface area contributed by atoms with Gasteiger partial charge in [-0.25, -0.2) is 13.2 Å². The lowest BCUT2D eigenvalue weighted by Gasteiger charge is -2.31. The van der Waals surface area contributed by atoms with Gasteiger partial charge in [-0.2, -0.15) is 4.31 Å². The zero-order valence-corrected chi connectivity index (χ0v) is 26.2. The highest BCUT2D eigenvalue weighted by molar-refractivity contribution is 7.89. The minimum Gasteiger partial charge on any atom is -0.481 e. The molecule has 2 aliphatic rings. The van der Waals surface area contributed by atoms with E-state index in [9.17, 15) is 22.9 Å². The molecule has 244 valence electrons. The molecule has 2 fully saturated rings. The summed E-state index contributed by atoms with van der Waals surface area (Å²) in [5.41, 5.74) is 7.11. The lowest BCUT2D eigenvalue weighted by Crippen LogP contribution is -2.51. The molecule has 0 unspecified atom stereocenters. The topological polar surface area (TPSA) is 207 Å². The third-order valence-corrected chi connectivity index (χ3v) is 9.58. The smallest absolute Gasteiger partial charge is 0.407 e. The Kier molecular flexibility index (Phi) is 11.3. The van der Waals surface area contributed by atoms with Crippen LogP contribution in [0.25, 0.3) is 0 Å². The monoisotopic (exact) mass is 657 g/mol. The van der Waals surface area contributed by atoms with Crippen LogP contribution in [0.5, 0.6) is 5.75 Å². The second kappa shape index (κ2) is 14.6. The van der Waals surface area contributed by atoms with E-state index in [4.69, 9.17) is 34.5 Å². The maximum Gasteiger partial charge on any atom is 0.407 e. The highest BCUT2D eigenvalue weighted by Gasteiger charge is 2.44. The van der Waals surface area contributed by atoms with Crippen molar-refractivity contribution in [3.05, 3.63) is 54.1 Å². The number of nitrogens with two attached hydrogens (primary N) is 1. The third-order valence-electron chi connectivity index (χ3n) is 7.27. The number of nitrogens with zero attached hydrogens (tertiary/aromatic N) is 1. The van der Waals surface area contributed by atoms with Crippen LogP contribution in [0.15, 0.2) is 53.4 Å². The number of ether oxygens (including phenoxy) is 4. The quantitative estimate of drug-likeness (QED) is 0.146. The highest BCUT2D eigenvalue weighted by atomic mass is 32.2. The van der Waals surface area contributed by atoms with Gasteiger partial charge in [-0.15, -0.1) is 0 Å². The molecule has 16 heteroatoms. The number of sulfonamides is 1. The molecule has 2 heterocycles. The molecule has 0 aliphatic carbocycles. The van der Waals surface area contributed by atoms with Crippen molar-refractivity contribution in [3.63, 3.8) is 0 Å². The van der Waals surface area contributed by atoms with E-state index in [0.29, 0.717) is 18.7 Å². The van der Waals surface area contributed by atoms with E-state index in [-0.39, 0.29) is 48.6 Å². The SMILES string of the molecule is CC(C)CN(C[C@@H](O)[C@H](Cc1ccc(N)cc1)NC(=O)O[C@H]1CO[C@H]2OCC[C@H]21)S(=O)(=O)c1ccc(OCP(=O)(O)O)cc1. The molecule has 6 N–H and O–H groups in total. The molecule has 0 bridgehead atoms. The molecule has 2 aromatic rings. The Labute approximate surface area is 256 Å². The second-order valence-electron chi connectivity index (χ2n) is 11.4. The van der Waals surface area contributed by atoms with Crippen molar-refractivity contribution in [3.8, 4) is 5.75 Å². The largest absolute Gasteiger partial charge is 0.481 e. The molecular formula is C28H40N3O11PS. The number of rotatable bonds is 14. The normalized spacial score (nSPS) is 21.7. The van der Waals surface area contributed by atoms with Gasteiger partial charge in [0.15, 0.2) is 12.6 Å². The van der Waals surface area contributed by atoms with Crippen LogP contribution < -0.4 is 15.8 Å². The van der Waals surface area contributed by atoms with Crippen LogP contribution in [-0.2, 0) is 35.2 Å². The van der Waals surface area contributed by atoms with Crippen molar-refractivity contribution >= 4 is 29.4 Å². The fraction of sp³-hybridized carbons (Fsp3) is 0.536. The van der Waals surface area contributed by atoms with Gasteiger partial charge in [-0.05, 0) is 60.7 Å². The Balaban J connectivity index is 1.50. The molecule has 2 aliphatic heterocycles. The number of nitrogens with one attached hydrogen (secondary N) is 1. The summed E-state index contributed by atoms with van der Waals surface area (Å²) in [7, 11) is -8.56. The molecule has 0 saturated carbocycles. The summed E-state index contributed by atoms with van der Waals surface area (Å²) in [5.74, 6) is -0.112. The maximum absolute atomic E-state index is 13.7. The molecule has 1 amide bonds. The van der Waals surface area contributed by atoms with Crippen molar-refractivity contribution in [2.75, 3.05) is 38.4 Å². The van der Waals surface area contributed by atoms with Crippen LogP contribution in [0.4, 0.5) is 10.5 Å². The summed E-state index contributed by atoms with van der Waals surface area (Å²) in [4.78, 5) is 31.0. The Morgan fingerprint density at radius 3 is 2.43 bits per heavy atom. The minimum atomic E-state index is -4.42. The van der Waals surface area contributed by atoms with E-state index in [1.165, 1.54) is 24.3 Å². The number of hydrogen-bond donors (Lipinski definition) is 5. The molecule has 44 heavy (non-hydrogen) atoms. The molecule has 0 radical (unpaired) electrons. The molecule has 0 spiro atoms. The van der Waals surface area contributed by atoms with E-state index in [1.54, 1.807) is 24.3 Å². The minimum absolute atomic E-state index is 0.0668. The second-order valence-corrected chi connectivity index (χ2v) is 14.9. The van der Waals surface area contributed by atoms with Crippen molar-refractivity contribution in [1.29, 1.82) is 0 Å². The standard InChI is InChI=1S/C28H40N3O11PS/c1-18(2)14-31(44(37,38)22-9-7-21(8-10-22)41-17-43(34,35)36)15-25(32)24(13-19-3-5-20(29)6-4-19)30-28(33)42-26-16-40-27-23(26)11-12-39-27/h3-10,18,23-27,32H,11-17,29H2,1-2H3,(H,30,33)(H2,34,35,36)/t23-,24-,25+,26-,27+/m0/s1. The van der Waals surface area contributed by atoms with Gasteiger partial charge in [0.25, 0.3) is 0 Å². The number of anilines is 1.